The maximum absolute atomic E-state index is 11.6. The van der Waals surface area contributed by atoms with Crippen LogP contribution in [0, 0.1) is 5.92 Å². The predicted molar refractivity (Wildman–Crippen MR) is 85.9 cm³/mol. The summed E-state index contributed by atoms with van der Waals surface area (Å²) in [6.45, 7) is 9.63. The summed E-state index contributed by atoms with van der Waals surface area (Å²) in [6, 6.07) is 6.66. The molecule has 0 aromatic heterocycles. The van der Waals surface area contributed by atoms with E-state index in [0.29, 0.717) is 6.42 Å². The van der Waals surface area contributed by atoms with Gasteiger partial charge in [-0.15, -0.1) is 0 Å². The van der Waals surface area contributed by atoms with Gasteiger partial charge in [0.15, 0.2) is 0 Å². The van der Waals surface area contributed by atoms with Crippen LogP contribution in [0.15, 0.2) is 24.3 Å². The van der Waals surface area contributed by atoms with E-state index in [1.165, 1.54) is 0 Å². The van der Waals surface area contributed by atoms with E-state index in [0.717, 1.165) is 5.56 Å². The average Bonchev–Trinajstić information content (AvgIpc) is 2.51. The predicted octanol–water partition coefficient (Wildman–Crippen LogP) is 2.22. The molecule has 1 atom stereocenters. The minimum absolute atomic E-state index is 0.140. The largest absolute Gasteiger partial charge is 0.508 e. The standard InChI is InChI=1S/C12H16N2O3.2C2H6/c1-8(12(17)14-7-11(13)16)6-9-2-4-10(15)5-3-9;2*1-2/h2-5,8,15H,6-7H2,1H3,(H2,13,16)(H,14,17);2*1-2H3. The lowest BCUT2D eigenvalue weighted by molar-refractivity contribution is -0.127. The summed E-state index contributed by atoms with van der Waals surface area (Å²) in [6.07, 6.45) is 0.547. The second kappa shape index (κ2) is 13.0. The number of nitrogens with two attached hydrogens (primary N) is 1. The van der Waals surface area contributed by atoms with E-state index in [-0.39, 0.29) is 24.1 Å². The van der Waals surface area contributed by atoms with Gasteiger partial charge in [0.25, 0.3) is 0 Å². The van der Waals surface area contributed by atoms with Crippen LogP contribution in [0.2, 0.25) is 0 Å². The van der Waals surface area contributed by atoms with Crippen LogP contribution < -0.4 is 11.1 Å². The van der Waals surface area contributed by atoms with Gasteiger partial charge in [0.05, 0.1) is 6.54 Å². The fourth-order valence-electron chi connectivity index (χ4n) is 1.43. The molecule has 21 heavy (non-hydrogen) atoms. The van der Waals surface area contributed by atoms with Gasteiger partial charge >= 0.3 is 0 Å². The Morgan fingerprint density at radius 1 is 1.14 bits per heavy atom. The minimum Gasteiger partial charge on any atom is -0.508 e. The van der Waals surface area contributed by atoms with Crippen LogP contribution in [0.25, 0.3) is 0 Å². The van der Waals surface area contributed by atoms with Crippen LogP contribution in [0.4, 0.5) is 0 Å². The molecule has 0 saturated heterocycles. The van der Waals surface area contributed by atoms with Crippen molar-refractivity contribution in [2.24, 2.45) is 11.7 Å². The summed E-state index contributed by atoms with van der Waals surface area (Å²) >= 11 is 0. The first kappa shape index (κ1) is 21.3. The molecule has 5 nitrogen and oxygen atoms in total. The molecule has 1 rings (SSSR count). The van der Waals surface area contributed by atoms with Crippen LogP contribution in [0.3, 0.4) is 0 Å². The Kier molecular flexibility index (Phi) is 13.1. The Hall–Kier alpha value is -2.04. The summed E-state index contributed by atoms with van der Waals surface area (Å²) in [5.41, 5.74) is 5.88. The van der Waals surface area contributed by atoms with Crippen molar-refractivity contribution in [3.63, 3.8) is 0 Å². The quantitative estimate of drug-likeness (QED) is 0.778. The molecule has 0 bridgehead atoms. The molecule has 1 unspecified atom stereocenters. The number of phenols is 1. The highest BCUT2D eigenvalue weighted by atomic mass is 16.3. The molecule has 0 radical (unpaired) electrons. The highest BCUT2D eigenvalue weighted by Crippen LogP contribution is 2.13. The number of primary amides is 1. The van der Waals surface area contributed by atoms with Crippen molar-refractivity contribution in [2.45, 2.75) is 41.0 Å². The number of aromatic hydroxyl groups is 1. The van der Waals surface area contributed by atoms with Crippen LogP contribution in [0.5, 0.6) is 5.75 Å². The smallest absolute Gasteiger partial charge is 0.236 e. The summed E-state index contributed by atoms with van der Waals surface area (Å²) < 4.78 is 0. The average molecular weight is 296 g/mol. The van der Waals surface area contributed by atoms with Crippen LogP contribution in [-0.4, -0.2) is 23.5 Å². The molecular formula is C16H28N2O3. The van der Waals surface area contributed by atoms with Crippen molar-refractivity contribution in [2.75, 3.05) is 6.54 Å². The maximum Gasteiger partial charge on any atom is 0.236 e. The van der Waals surface area contributed by atoms with E-state index in [1.807, 2.05) is 27.7 Å². The molecule has 1 aromatic rings. The Morgan fingerprint density at radius 2 is 1.62 bits per heavy atom. The first-order valence-electron chi connectivity index (χ1n) is 7.33. The molecule has 4 N–H and O–H groups in total. The van der Waals surface area contributed by atoms with Crippen molar-refractivity contribution in [1.29, 1.82) is 0 Å². The topological polar surface area (TPSA) is 92.4 Å². The molecule has 0 spiro atoms. The van der Waals surface area contributed by atoms with Crippen LogP contribution >= 0.6 is 0 Å². The number of nitrogens with one attached hydrogen (secondary N) is 1. The molecule has 5 heteroatoms. The third-order valence-corrected chi connectivity index (χ3v) is 2.36. The van der Waals surface area contributed by atoms with Crippen molar-refractivity contribution in [3.05, 3.63) is 29.8 Å². The van der Waals surface area contributed by atoms with Gasteiger partial charge in [-0.1, -0.05) is 46.8 Å². The number of amides is 2. The highest BCUT2D eigenvalue weighted by Gasteiger charge is 2.13. The number of carbonyl (C=O) groups excluding carboxylic acids is 2. The third-order valence-electron chi connectivity index (χ3n) is 2.36. The van der Waals surface area contributed by atoms with E-state index in [4.69, 9.17) is 10.8 Å². The van der Waals surface area contributed by atoms with Gasteiger partial charge in [-0.25, -0.2) is 0 Å². The summed E-state index contributed by atoms with van der Waals surface area (Å²) in [7, 11) is 0. The Bertz CT molecular complexity index is 402. The number of hydrogen-bond donors (Lipinski definition) is 3. The van der Waals surface area contributed by atoms with Crippen molar-refractivity contribution >= 4 is 11.8 Å². The Balaban J connectivity index is 0. The number of phenolic OH excluding ortho intramolecular Hbond substituents is 1. The third kappa shape index (κ3) is 10.4. The second-order valence-electron chi connectivity index (χ2n) is 3.96. The summed E-state index contributed by atoms with van der Waals surface area (Å²) in [5.74, 6) is -0.828. The number of benzene rings is 1. The lowest BCUT2D eigenvalue weighted by atomic mass is 10.0. The number of carbonyl (C=O) groups is 2. The van der Waals surface area contributed by atoms with E-state index in [9.17, 15) is 9.59 Å². The lowest BCUT2D eigenvalue weighted by Crippen LogP contribution is -2.36. The van der Waals surface area contributed by atoms with E-state index in [1.54, 1.807) is 31.2 Å². The lowest BCUT2D eigenvalue weighted by Gasteiger charge is -2.11. The fourth-order valence-corrected chi connectivity index (χ4v) is 1.43. The normalized spacial score (nSPS) is 10.1. The first-order chi connectivity index (χ1) is 9.99. The number of rotatable bonds is 5. The highest BCUT2D eigenvalue weighted by molar-refractivity contribution is 5.84. The maximum atomic E-state index is 11.6. The van der Waals surface area contributed by atoms with Gasteiger partial charge < -0.3 is 16.2 Å². The molecular weight excluding hydrogens is 268 g/mol. The van der Waals surface area contributed by atoms with E-state index in [2.05, 4.69) is 5.32 Å². The van der Waals surface area contributed by atoms with Crippen molar-refractivity contribution in [1.82, 2.24) is 5.32 Å². The molecule has 2 amide bonds. The van der Waals surface area contributed by atoms with Gasteiger partial charge in [-0.2, -0.15) is 0 Å². The molecule has 0 heterocycles. The van der Waals surface area contributed by atoms with Crippen LogP contribution in [0.1, 0.15) is 40.2 Å². The molecule has 0 aliphatic carbocycles. The zero-order valence-electron chi connectivity index (χ0n) is 13.6. The second-order valence-corrected chi connectivity index (χ2v) is 3.96. The summed E-state index contributed by atoms with van der Waals surface area (Å²) in [4.78, 5) is 22.1. The zero-order chi connectivity index (χ0) is 16.8. The monoisotopic (exact) mass is 296 g/mol. The van der Waals surface area contributed by atoms with Gasteiger partial charge in [-0.05, 0) is 24.1 Å². The molecule has 0 fully saturated rings. The number of hydrogen-bond acceptors (Lipinski definition) is 3. The molecule has 0 aliphatic rings. The first-order valence-corrected chi connectivity index (χ1v) is 7.33. The van der Waals surface area contributed by atoms with Crippen molar-refractivity contribution in [3.8, 4) is 5.75 Å². The van der Waals surface area contributed by atoms with Crippen LogP contribution in [-0.2, 0) is 16.0 Å². The molecule has 0 aliphatic heterocycles. The Labute approximate surface area is 127 Å². The zero-order valence-corrected chi connectivity index (χ0v) is 13.6. The van der Waals surface area contributed by atoms with Gasteiger partial charge in [0, 0.05) is 5.92 Å². The molecule has 1 aromatic carbocycles. The van der Waals surface area contributed by atoms with E-state index < -0.39 is 5.91 Å². The summed E-state index contributed by atoms with van der Waals surface area (Å²) in [5, 5.41) is 11.6. The SMILES string of the molecule is CC.CC.CC(Cc1ccc(O)cc1)C(=O)NCC(N)=O. The Morgan fingerprint density at radius 3 is 2.05 bits per heavy atom. The van der Waals surface area contributed by atoms with Gasteiger partial charge in [0.2, 0.25) is 11.8 Å². The van der Waals surface area contributed by atoms with E-state index >= 15 is 0 Å². The molecule has 0 saturated carbocycles. The van der Waals surface area contributed by atoms with Gasteiger partial charge in [-0.3, -0.25) is 9.59 Å². The van der Waals surface area contributed by atoms with Gasteiger partial charge in [0.1, 0.15) is 5.75 Å². The fraction of sp³-hybridized carbons (Fsp3) is 0.500. The minimum atomic E-state index is -0.560. The molecule has 120 valence electrons. The van der Waals surface area contributed by atoms with Crippen molar-refractivity contribution < 1.29 is 14.7 Å².